The Morgan fingerprint density at radius 3 is 2.27 bits per heavy atom. The van der Waals surface area contributed by atoms with Gasteiger partial charge < -0.3 is 5.32 Å². The minimum atomic E-state index is -0.0623. The molecule has 2 aromatic heterocycles. The summed E-state index contributed by atoms with van der Waals surface area (Å²) < 4.78 is 1.54. The third-order valence-electron chi connectivity index (χ3n) is 5.86. The fraction of sp³-hybridized carbons (Fsp3) is 0.269. The highest BCUT2D eigenvalue weighted by molar-refractivity contribution is 7.99. The minimum absolute atomic E-state index is 0.0571. The molecule has 0 aliphatic carbocycles. The standard InChI is InChI=1S/C26H27N3O2S2/c1-17-18(2)33-24-23(17)25(31)29(3)26(28-24)32-16-22(30)27-15-14-21(19-10-6-4-7-11-19)20-12-8-5-9-13-20/h4-13,21H,14-16H2,1-3H3,(H,27,30). The van der Waals surface area contributed by atoms with Gasteiger partial charge in [-0.05, 0) is 37.0 Å². The minimum Gasteiger partial charge on any atom is -0.355 e. The van der Waals surface area contributed by atoms with Crippen LogP contribution in [-0.2, 0) is 11.8 Å². The molecule has 0 bridgehead atoms. The van der Waals surface area contributed by atoms with E-state index in [-0.39, 0.29) is 23.1 Å². The quantitative estimate of drug-likeness (QED) is 0.285. The second-order valence-corrected chi connectivity index (χ2v) is 10.2. The fourth-order valence-corrected chi connectivity index (χ4v) is 5.79. The Bertz CT molecular complexity index is 1270. The number of aromatic nitrogens is 2. The Labute approximate surface area is 201 Å². The molecule has 2 aromatic carbocycles. The molecule has 0 saturated heterocycles. The molecule has 0 radical (unpaired) electrons. The lowest BCUT2D eigenvalue weighted by Gasteiger charge is -2.18. The smallest absolute Gasteiger partial charge is 0.262 e. The van der Waals surface area contributed by atoms with Gasteiger partial charge in [-0.2, -0.15) is 0 Å². The summed E-state index contributed by atoms with van der Waals surface area (Å²) in [6.07, 6.45) is 0.806. The molecule has 5 nitrogen and oxygen atoms in total. The van der Waals surface area contributed by atoms with Crippen LogP contribution in [0.25, 0.3) is 10.2 Å². The zero-order chi connectivity index (χ0) is 23.4. The molecular weight excluding hydrogens is 450 g/mol. The monoisotopic (exact) mass is 477 g/mol. The van der Waals surface area contributed by atoms with Crippen LogP contribution in [0.4, 0.5) is 0 Å². The van der Waals surface area contributed by atoms with Crippen LogP contribution in [0.5, 0.6) is 0 Å². The Balaban J connectivity index is 1.38. The highest BCUT2D eigenvalue weighted by Gasteiger charge is 2.17. The molecule has 0 unspecified atom stereocenters. The number of rotatable bonds is 8. The molecule has 4 rings (SSSR count). The number of hydrogen-bond donors (Lipinski definition) is 1. The molecule has 0 aliphatic rings. The van der Waals surface area contributed by atoms with E-state index in [0.717, 1.165) is 21.7 Å². The fourth-order valence-electron chi connectivity index (χ4n) is 3.92. The van der Waals surface area contributed by atoms with Crippen LogP contribution < -0.4 is 10.9 Å². The van der Waals surface area contributed by atoms with Crippen LogP contribution in [0.15, 0.2) is 70.6 Å². The van der Waals surface area contributed by atoms with E-state index in [2.05, 4.69) is 34.6 Å². The molecule has 0 aliphatic heterocycles. The van der Waals surface area contributed by atoms with Crippen molar-refractivity contribution in [1.82, 2.24) is 14.9 Å². The van der Waals surface area contributed by atoms with Crippen molar-refractivity contribution in [3.63, 3.8) is 0 Å². The van der Waals surface area contributed by atoms with E-state index in [1.54, 1.807) is 11.6 Å². The molecule has 0 saturated carbocycles. The Hall–Kier alpha value is -2.90. The van der Waals surface area contributed by atoms with Crippen molar-refractivity contribution in [2.45, 2.75) is 31.3 Å². The number of nitrogens with one attached hydrogen (secondary N) is 1. The molecule has 0 spiro atoms. The van der Waals surface area contributed by atoms with Gasteiger partial charge in [0.05, 0.1) is 11.1 Å². The van der Waals surface area contributed by atoms with Crippen LogP contribution in [0.2, 0.25) is 0 Å². The summed E-state index contributed by atoms with van der Waals surface area (Å²) in [5, 5.41) is 4.28. The Morgan fingerprint density at radius 1 is 1.06 bits per heavy atom. The van der Waals surface area contributed by atoms with Gasteiger partial charge in [0.25, 0.3) is 5.56 Å². The van der Waals surface area contributed by atoms with E-state index in [9.17, 15) is 9.59 Å². The topological polar surface area (TPSA) is 64.0 Å². The lowest BCUT2D eigenvalue weighted by atomic mass is 9.88. The average Bonchev–Trinajstić information content (AvgIpc) is 3.12. The van der Waals surface area contributed by atoms with Crippen molar-refractivity contribution in [2.75, 3.05) is 12.3 Å². The Morgan fingerprint density at radius 2 is 1.67 bits per heavy atom. The number of benzene rings is 2. The molecule has 1 amide bonds. The first-order valence-electron chi connectivity index (χ1n) is 10.9. The van der Waals surface area contributed by atoms with Crippen molar-refractivity contribution >= 4 is 39.2 Å². The third-order valence-corrected chi connectivity index (χ3v) is 7.99. The molecule has 4 aromatic rings. The number of carbonyl (C=O) groups is 1. The van der Waals surface area contributed by atoms with Gasteiger partial charge in [-0.15, -0.1) is 11.3 Å². The third kappa shape index (κ3) is 5.20. The second-order valence-electron chi connectivity index (χ2n) is 8.02. The number of amides is 1. The maximum Gasteiger partial charge on any atom is 0.262 e. The van der Waals surface area contributed by atoms with Crippen LogP contribution in [0.1, 0.15) is 33.9 Å². The lowest BCUT2D eigenvalue weighted by Crippen LogP contribution is -2.28. The van der Waals surface area contributed by atoms with Crippen LogP contribution in [0.3, 0.4) is 0 Å². The number of thioether (sulfide) groups is 1. The number of hydrogen-bond acceptors (Lipinski definition) is 5. The zero-order valence-corrected chi connectivity index (χ0v) is 20.6. The predicted octanol–water partition coefficient (Wildman–Crippen LogP) is 5.04. The maximum atomic E-state index is 12.8. The van der Waals surface area contributed by atoms with Crippen LogP contribution >= 0.6 is 23.1 Å². The summed E-state index contributed by atoms with van der Waals surface area (Å²) in [5.74, 6) is 0.375. The summed E-state index contributed by atoms with van der Waals surface area (Å²) >= 11 is 2.82. The van der Waals surface area contributed by atoms with Gasteiger partial charge in [0.2, 0.25) is 5.91 Å². The van der Waals surface area contributed by atoms with Crippen LogP contribution in [-0.4, -0.2) is 27.8 Å². The van der Waals surface area contributed by atoms with Gasteiger partial charge in [-0.25, -0.2) is 4.98 Å². The molecule has 0 atom stereocenters. The predicted molar refractivity (Wildman–Crippen MR) is 137 cm³/mol. The number of thiophene rings is 1. The summed E-state index contributed by atoms with van der Waals surface area (Å²) in [5.41, 5.74) is 3.41. The first-order chi connectivity index (χ1) is 16.0. The van der Waals surface area contributed by atoms with E-state index in [4.69, 9.17) is 0 Å². The molecule has 7 heteroatoms. The largest absolute Gasteiger partial charge is 0.355 e. The summed E-state index contributed by atoms with van der Waals surface area (Å²) in [4.78, 5) is 31.8. The van der Waals surface area contributed by atoms with Crippen molar-refractivity contribution in [3.05, 3.63) is 92.6 Å². The van der Waals surface area contributed by atoms with Gasteiger partial charge >= 0.3 is 0 Å². The summed E-state index contributed by atoms with van der Waals surface area (Å²) in [6.45, 7) is 4.53. The normalized spacial score (nSPS) is 11.3. The van der Waals surface area contributed by atoms with E-state index in [1.165, 1.54) is 34.2 Å². The second kappa shape index (κ2) is 10.4. The van der Waals surface area contributed by atoms with Gasteiger partial charge in [0.15, 0.2) is 5.16 Å². The molecule has 170 valence electrons. The van der Waals surface area contributed by atoms with Gasteiger partial charge in [0, 0.05) is 24.4 Å². The zero-order valence-electron chi connectivity index (χ0n) is 19.0. The maximum absolute atomic E-state index is 12.8. The van der Waals surface area contributed by atoms with Crippen LogP contribution in [0, 0.1) is 13.8 Å². The highest BCUT2D eigenvalue weighted by Crippen LogP contribution is 2.29. The van der Waals surface area contributed by atoms with Crippen molar-refractivity contribution in [3.8, 4) is 0 Å². The molecule has 33 heavy (non-hydrogen) atoms. The van der Waals surface area contributed by atoms with Crippen molar-refractivity contribution in [1.29, 1.82) is 0 Å². The SMILES string of the molecule is Cc1sc2nc(SCC(=O)NCCC(c3ccccc3)c3ccccc3)n(C)c(=O)c2c1C. The average molecular weight is 478 g/mol. The molecule has 2 heterocycles. The van der Waals surface area contributed by atoms with Gasteiger partial charge in [0.1, 0.15) is 4.83 Å². The van der Waals surface area contributed by atoms with Gasteiger partial charge in [-0.3, -0.25) is 14.2 Å². The molecule has 0 fully saturated rings. The summed E-state index contributed by atoms with van der Waals surface area (Å²) in [6, 6.07) is 20.7. The van der Waals surface area contributed by atoms with E-state index < -0.39 is 0 Å². The molecule has 1 N–H and O–H groups in total. The number of fused-ring (bicyclic) bond motifs is 1. The Kier molecular flexibility index (Phi) is 7.30. The number of carbonyl (C=O) groups excluding carboxylic acids is 1. The highest BCUT2D eigenvalue weighted by atomic mass is 32.2. The van der Waals surface area contributed by atoms with Crippen molar-refractivity contribution < 1.29 is 4.79 Å². The summed E-state index contributed by atoms with van der Waals surface area (Å²) in [7, 11) is 1.71. The van der Waals surface area contributed by atoms with E-state index in [0.29, 0.717) is 17.1 Å². The van der Waals surface area contributed by atoms with E-state index in [1.807, 2.05) is 50.2 Å². The van der Waals surface area contributed by atoms with Gasteiger partial charge in [-0.1, -0.05) is 72.4 Å². The first kappa shape index (κ1) is 23.3. The van der Waals surface area contributed by atoms with E-state index >= 15 is 0 Å². The number of nitrogens with zero attached hydrogens (tertiary/aromatic N) is 2. The van der Waals surface area contributed by atoms with Crippen molar-refractivity contribution in [2.24, 2.45) is 7.05 Å². The molecular formula is C26H27N3O2S2. The number of aryl methyl sites for hydroxylation is 2. The first-order valence-corrected chi connectivity index (χ1v) is 12.7. The lowest BCUT2D eigenvalue weighted by molar-refractivity contribution is -0.118.